The summed E-state index contributed by atoms with van der Waals surface area (Å²) in [7, 11) is 0. The fraction of sp³-hybridized carbons (Fsp3) is 0.852. The summed E-state index contributed by atoms with van der Waals surface area (Å²) >= 11 is 0. The van der Waals surface area contributed by atoms with E-state index in [1.54, 1.807) is 0 Å². The van der Waals surface area contributed by atoms with Crippen LogP contribution in [0.1, 0.15) is 86.0 Å². The third-order valence-electron chi connectivity index (χ3n) is 10.0. The Labute approximate surface area is 183 Å². The minimum absolute atomic E-state index is 0.281. The Bertz CT molecular complexity index is 711. The highest BCUT2D eigenvalue weighted by Crippen LogP contribution is 2.67. The molecule has 0 spiro atoms. The molecule has 0 radical (unpaired) electrons. The maximum atomic E-state index is 11.6. The molecule has 4 aliphatic carbocycles. The van der Waals surface area contributed by atoms with Gasteiger partial charge in [-0.05, 0) is 80.0 Å². The van der Waals surface area contributed by atoms with E-state index in [9.17, 15) is 15.3 Å². The fourth-order valence-electron chi connectivity index (χ4n) is 8.15. The van der Waals surface area contributed by atoms with Gasteiger partial charge in [0.25, 0.3) is 0 Å². The molecule has 0 heterocycles. The highest BCUT2D eigenvalue weighted by molar-refractivity contribution is 5.33. The van der Waals surface area contributed by atoms with Crippen LogP contribution in [0.2, 0.25) is 0 Å². The lowest BCUT2D eigenvalue weighted by Gasteiger charge is -2.62. The van der Waals surface area contributed by atoms with Crippen molar-refractivity contribution >= 4 is 0 Å². The molecule has 30 heavy (non-hydrogen) atoms. The lowest BCUT2D eigenvalue weighted by Crippen LogP contribution is -2.65. The Morgan fingerprint density at radius 3 is 2.47 bits per heavy atom. The minimum atomic E-state index is -1.20. The summed E-state index contributed by atoms with van der Waals surface area (Å²) in [5.41, 5.74) is 0.180. The van der Waals surface area contributed by atoms with Gasteiger partial charge in [0.1, 0.15) is 11.7 Å². The van der Waals surface area contributed by atoms with Gasteiger partial charge in [0.15, 0.2) is 0 Å². The van der Waals surface area contributed by atoms with Gasteiger partial charge < -0.3 is 15.3 Å². The van der Waals surface area contributed by atoms with Gasteiger partial charge in [0.05, 0.1) is 6.10 Å². The van der Waals surface area contributed by atoms with Crippen LogP contribution in [0.15, 0.2) is 23.8 Å². The molecular weight excluding hydrogens is 372 g/mol. The SMILES string of the molecule is CC(C)C/C=C/[C@@H](C)[C@H]1CCC2C3=C[C@H](O)[C@@]4(O)C[C@@H](O)CC[C@]4(C)C3CC[C@@]21C. The van der Waals surface area contributed by atoms with Gasteiger partial charge in [-0.1, -0.05) is 58.4 Å². The van der Waals surface area contributed by atoms with Gasteiger partial charge in [-0.15, -0.1) is 0 Å². The summed E-state index contributed by atoms with van der Waals surface area (Å²) < 4.78 is 0. The maximum absolute atomic E-state index is 11.6. The van der Waals surface area contributed by atoms with Crippen molar-refractivity contribution in [2.45, 2.75) is 104 Å². The van der Waals surface area contributed by atoms with Crippen molar-refractivity contribution in [1.29, 1.82) is 0 Å². The van der Waals surface area contributed by atoms with Crippen LogP contribution in [0.25, 0.3) is 0 Å². The molecule has 4 rings (SSSR count). The molecule has 3 saturated carbocycles. The van der Waals surface area contributed by atoms with Crippen molar-refractivity contribution in [3.63, 3.8) is 0 Å². The largest absolute Gasteiger partial charge is 0.393 e. The van der Waals surface area contributed by atoms with E-state index in [1.165, 1.54) is 24.8 Å². The molecule has 0 aromatic rings. The third kappa shape index (κ3) is 3.26. The number of hydrogen-bond donors (Lipinski definition) is 3. The quantitative estimate of drug-likeness (QED) is 0.549. The van der Waals surface area contributed by atoms with E-state index in [1.807, 2.05) is 6.08 Å². The summed E-state index contributed by atoms with van der Waals surface area (Å²) in [4.78, 5) is 0. The van der Waals surface area contributed by atoms with E-state index in [4.69, 9.17) is 0 Å². The first-order valence-electron chi connectivity index (χ1n) is 12.5. The van der Waals surface area contributed by atoms with Crippen LogP contribution >= 0.6 is 0 Å². The predicted octanol–water partition coefficient (Wildman–Crippen LogP) is 5.25. The van der Waals surface area contributed by atoms with Crippen molar-refractivity contribution in [2.75, 3.05) is 0 Å². The first-order chi connectivity index (χ1) is 14.0. The summed E-state index contributed by atoms with van der Waals surface area (Å²) in [5.74, 6) is 2.83. The second-order valence-corrected chi connectivity index (χ2v) is 12.1. The van der Waals surface area contributed by atoms with E-state index in [-0.39, 0.29) is 10.8 Å². The lowest BCUT2D eigenvalue weighted by atomic mass is 9.45. The normalized spacial score (nSPS) is 49.5. The van der Waals surface area contributed by atoms with Crippen molar-refractivity contribution < 1.29 is 15.3 Å². The zero-order valence-electron chi connectivity index (χ0n) is 19.8. The molecule has 0 amide bonds. The summed E-state index contributed by atoms with van der Waals surface area (Å²) in [6, 6.07) is 0. The number of hydrogen-bond acceptors (Lipinski definition) is 3. The molecule has 0 aromatic carbocycles. The van der Waals surface area contributed by atoms with Crippen LogP contribution in [0, 0.1) is 40.4 Å². The van der Waals surface area contributed by atoms with Gasteiger partial charge >= 0.3 is 0 Å². The summed E-state index contributed by atoms with van der Waals surface area (Å²) in [6.07, 6.45) is 13.2. The Morgan fingerprint density at radius 1 is 1.03 bits per heavy atom. The van der Waals surface area contributed by atoms with Crippen LogP contribution in [0.4, 0.5) is 0 Å². The highest BCUT2D eigenvalue weighted by atomic mass is 16.3. The van der Waals surface area contributed by atoms with Crippen molar-refractivity contribution in [1.82, 2.24) is 0 Å². The topological polar surface area (TPSA) is 60.7 Å². The highest BCUT2D eigenvalue weighted by Gasteiger charge is 2.64. The third-order valence-corrected chi connectivity index (χ3v) is 10.0. The molecule has 0 aromatic heterocycles. The Balaban J connectivity index is 1.62. The number of fused-ring (bicyclic) bond motifs is 5. The van der Waals surface area contributed by atoms with Crippen LogP contribution < -0.4 is 0 Å². The minimum Gasteiger partial charge on any atom is -0.393 e. The smallest absolute Gasteiger partial charge is 0.102 e. The average Bonchev–Trinajstić information content (AvgIpc) is 3.01. The second kappa shape index (κ2) is 7.74. The molecule has 170 valence electrons. The van der Waals surface area contributed by atoms with Gasteiger partial charge in [0.2, 0.25) is 0 Å². The molecule has 2 unspecified atom stereocenters. The van der Waals surface area contributed by atoms with Crippen molar-refractivity contribution in [3.05, 3.63) is 23.8 Å². The number of rotatable bonds is 4. The van der Waals surface area contributed by atoms with Crippen LogP contribution in [-0.4, -0.2) is 33.1 Å². The molecule has 3 heteroatoms. The van der Waals surface area contributed by atoms with E-state index >= 15 is 0 Å². The van der Waals surface area contributed by atoms with Crippen molar-refractivity contribution in [2.24, 2.45) is 40.4 Å². The molecule has 0 aliphatic heterocycles. The second-order valence-electron chi connectivity index (χ2n) is 12.1. The number of allylic oxidation sites excluding steroid dienone is 3. The first-order valence-corrected chi connectivity index (χ1v) is 12.5. The van der Waals surface area contributed by atoms with E-state index in [0.717, 1.165) is 25.7 Å². The Kier molecular flexibility index (Phi) is 5.82. The average molecular weight is 417 g/mol. The molecular formula is C27H44O3. The van der Waals surface area contributed by atoms with Gasteiger partial charge in [-0.3, -0.25) is 0 Å². The van der Waals surface area contributed by atoms with Crippen molar-refractivity contribution in [3.8, 4) is 0 Å². The molecule has 3 nitrogen and oxygen atoms in total. The number of aliphatic hydroxyl groups is 3. The zero-order valence-corrected chi connectivity index (χ0v) is 19.8. The summed E-state index contributed by atoms with van der Waals surface area (Å²) in [6.45, 7) is 11.6. The predicted molar refractivity (Wildman–Crippen MR) is 122 cm³/mol. The van der Waals surface area contributed by atoms with E-state index in [2.05, 4.69) is 46.8 Å². The Morgan fingerprint density at radius 2 is 1.77 bits per heavy atom. The van der Waals surface area contributed by atoms with Gasteiger partial charge in [-0.2, -0.15) is 0 Å². The number of aliphatic hydroxyl groups excluding tert-OH is 2. The van der Waals surface area contributed by atoms with Crippen LogP contribution in [0.3, 0.4) is 0 Å². The summed E-state index contributed by atoms with van der Waals surface area (Å²) in [5, 5.41) is 32.9. The molecule has 0 saturated heterocycles. The van der Waals surface area contributed by atoms with Crippen LogP contribution in [0.5, 0.6) is 0 Å². The molecule has 4 aliphatic rings. The zero-order chi connectivity index (χ0) is 21.9. The van der Waals surface area contributed by atoms with Gasteiger partial charge in [0, 0.05) is 11.8 Å². The van der Waals surface area contributed by atoms with E-state index < -0.39 is 17.8 Å². The van der Waals surface area contributed by atoms with Crippen LogP contribution in [-0.2, 0) is 0 Å². The van der Waals surface area contributed by atoms with Gasteiger partial charge in [-0.25, -0.2) is 0 Å². The van der Waals surface area contributed by atoms with E-state index in [0.29, 0.717) is 36.0 Å². The Hall–Kier alpha value is -0.640. The maximum Gasteiger partial charge on any atom is 0.102 e. The molecule has 3 fully saturated rings. The monoisotopic (exact) mass is 416 g/mol. The molecule has 3 N–H and O–H groups in total. The standard InChI is InChI=1S/C27H44O3/c1-17(2)7-6-8-18(3)21-9-10-22-20-15-24(29)27(30)16-19(28)11-14-26(27,5)23(20)12-13-25(21,22)4/h6,8,15,17-19,21-24,28-30H,7,9-14,16H2,1-5H3/b8-6+/t18-,19+,21-,22?,23?,24+,25-,26-,27+/m1/s1. The first kappa shape index (κ1) is 22.6. The molecule has 0 bridgehead atoms. The lowest BCUT2D eigenvalue weighted by molar-refractivity contribution is -0.210. The fourth-order valence-corrected chi connectivity index (χ4v) is 8.15. The molecule has 9 atom stereocenters.